The first kappa shape index (κ1) is 79.9. The van der Waals surface area contributed by atoms with Gasteiger partial charge in [-0.15, -0.1) is 0 Å². The fraction of sp³-hybridized carbons (Fsp3) is 0.356. The van der Waals surface area contributed by atoms with Crippen LogP contribution in [0.1, 0.15) is 175 Å². The highest BCUT2D eigenvalue weighted by molar-refractivity contribution is 9.09. The molecule has 16 aromatic rings. The molecule has 0 spiro atoms. The molecule has 0 radical (unpaired) electrons. The number of pyridine rings is 4. The van der Waals surface area contributed by atoms with Gasteiger partial charge in [0.1, 0.15) is 77.0 Å². The number of alkyl halides is 1. The summed E-state index contributed by atoms with van der Waals surface area (Å²) >= 11 is 16.0. The van der Waals surface area contributed by atoms with E-state index in [4.69, 9.17) is 53.1 Å². The SMILES string of the molecule is CC(Br)c1cc2ccccc2nc1Cl.CC(Nc1ncnc2c1ncn2C1CCCCO1)c1cc2ccccc2nc1Cl.CC(Nc1ncnc2c1ncn2C1CCCCO1)c1cc2ccccc2nc1N1CCCC1.CC(Nc1ncnc2nc[nH]c12)c1cc2ccccc2nc1N1CCCC1.Nc1ncnc2c1ncn2C1CCCCO1. The van der Waals surface area contributed by atoms with Crippen molar-refractivity contribution in [3.8, 4) is 0 Å². The maximum atomic E-state index is 6.47. The van der Waals surface area contributed by atoms with Crippen molar-refractivity contribution in [1.29, 1.82) is 0 Å². The van der Waals surface area contributed by atoms with E-state index in [9.17, 15) is 0 Å². The molecular formula is C87H93BrCl2N26O3. The second-order valence-corrected chi connectivity index (χ2v) is 32.5. The molecule has 32 heteroatoms. The van der Waals surface area contributed by atoms with Crippen LogP contribution in [0.5, 0.6) is 0 Å². The van der Waals surface area contributed by atoms with E-state index in [1.807, 2.05) is 88.5 Å². The first-order chi connectivity index (χ1) is 58.3. The van der Waals surface area contributed by atoms with Crippen molar-refractivity contribution in [1.82, 2.24) is 98.4 Å². The first-order valence-electron chi connectivity index (χ1n) is 40.9. The molecular weight excluding hydrogens is 1610 g/mol. The number of nitrogens with zero attached hydrogens (tertiary/aromatic N) is 21. The van der Waals surface area contributed by atoms with Gasteiger partial charge in [0.2, 0.25) is 0 Å². The molecule has 0 amide bonds. The lowest BCUT2D eigenvalue weighted by Gasteiger charge is -2.25. The summed E-state index contributed by atoms with van der Waals surface area (Å²) < 4.78 is 23.5. The van der Waals surface area contributed by atoms with Crippen LogP contribution in [0.3, 0.4) is 0 Å². The van der Waals surface area contributed by atoms with Gasteiger partial charge in [-0.1, -0.05) is 112 Å². The number of hydrogen-bond acceptors (Lipinski definition) is 25. The number of nitrogens with one attached hydrogen (secondary N) is 4. The lowest BCUT2D eigenvalue weighted by Crippen LogP contribution is -2.23. The number of fused-ring (bicyclic) bond motifs is 8. The summed E-state index contributed by atoms with van der Waals surface area (Å²) in [4.78, 5) is 79.4. The third kappa shape index (κ3) is 17.8. The maximum Gasteiger partial charge on any atom is 0.182 e. The molecule has 0 aliphatic carbocycles. The molecule has 0 saturated carbocycles. The van der Waals surface area contributed by atoms with E-state index in [1.165, 1.54) is 55.9 Å². The van der Waals surface area contributed by atoms with Gasteiger partial charge < -0.3 is 50.7 Å². The maximum absolute atomic E-state index is 6.47. The quantitative estimate of drug-likeness (QED) is 0.0470. The van der Waals surface area contributed by atoms with E-state index in [0.29, 0.717) is 33.1 Å². The molecule has 119 heavy (non-hydrogen) atoms. The molecule has 21 rings (SSSR count). The minimum Gasteiger partial charge on any atom is -0.382 e. The van der Waals surface area contributed by atoms with Gasteiger partial charge in [-0.05, 0) is 160 Å². The molecule has 0 bridgehead atoms. The summed E-state index contributed by atoms with van der Waals surface area (Å²) in [5, 5.41) is 16.1. The second-order valence-electron chi connectivity index (χ2n) is 30.4. The number of nitrogens with two attached hydrogens (primary N) is 1. The zero-order chi connectivity index (χ0) is 81.3. The fourth-order valence-corrected chi connectivity index (χ4v) is 17.1. The number of ether oxygens (including phenoxy) is 3. The normalized spacial score (nSPS) is 17.9. The van der Waals surface area contributed by atoms with E-state index in [2.05, 4.69) is 197 Å². The van der Waals surface area contributed by atoms with Gasteiger partial charge in [0, 0.05) is 94.6 Å². The van der Waals surface area contributed by atoms with Crippen LogP contribution in [0.4, 0.5) is 34.9 Å². The van der Waals surface area contributed by atoms with Gasteiger partial charge in [-0.3, -0.25) is 13.7 Å². The molecule has 4 aromatic carbocycles. The highest BCUT2D eigenvalue weighted by Gasteiger charge is 2.29. The third-order valence-electron chi connectivity index (χ3n) is 22.3. The smallest absolute Gasteiger partial charge is 0.182 e. The number of halogens is 3. The Morgan fingerprint density at radius 3 is 1.23 bits per heavy atom. The molecule has 5 fully saturated rings. The Morgan fingerprint density at radius 2 is 0.782 bits per heavy atom. The Kier molecular flexibility index (Phi) is 24.7. The van der Waals surface area contributed by atoms with Crippen LogP contribution in [0.15, 0.2) is 172 Å². The number of aromatic nitrogens is 20. The van der Waals surface area contributed by atoms with E-state index < -0.39 is 0 Å². The number of hydrogen-bond donors (Lipinski definition) is 5. The number of H-pyrrole nitrogens is 1. The van der Waals surface area contributed by atoms with Crippen molar-refractivity contribution in [2.24, 2.45) is 0 Å². The Balaban J connectivity index is 0.000000110. The predicted octanol–water partition coefficient (Wildman–Crippen LogP) is 18.9. The summed E-state index contributed by atoms with van der Waals surface area (Å²) in [6.45, 7) is 15.0. The molecule has 5 aliphatic heterocycles. The Labute approximate surface area is 705 Å². The summed E-state index contributed by atoms with van der Waals surface area (Å²) in [5.41, 5.74) is 19.9. The van der Waals surface area contributed by atoms with Crippen LogP contribution in [0.25, 0.3) is 88.3 Å². The predicted molar refractivity (Wildman–Crippen MR) is 472 cm³/mol. The molecule has 610 valence electrons. The minimum atomic E-state index is -0.103. The molecule has 12 aromatic heterocycles. The summed E-state index contributed by atoms with van der Waals surface area (Å²) in [6.07, 6.45) is 27.8. The topological polar surface area (TPSA) is 333 Å². The van der Waals surface area contributed by atoms with E-state index in [-0.39, 0.29) is 41.6 Å². The monoisotopic (exact) mass is 1700 g/mol. The zero-order valence-corrected chi connectivity index (χ0v) is 69.8. The molecule has 7 atom stereocenters. The second kappa shape index (κ2) is 36.8. The minimum absolute atomic E-state index is 0.00428. The van der Waals surface area contributed by atoms with Crippen LogP contribution in [-0.2, 0) is 14.2 Å². The lowest BCUT2D eigenvalue weighted by molar-refractivity contribution is -0.0299. The number of imidazole rings is 4. The van der Waals surface area contributed by atoms with Crippen LogP contribution >= 0.6 is 39.1 Å². The van der Waals surface area contributed by atoms with Crippen LogP contribution in [0, 0.1) is 0 Å². The number of para-hydroxylation sites is 4. The average Bonchev–Trinajstić information content (AvgIpc) is 1.77. The standard InChI is InChI=1S/C25H29N7O.C21H21ClN6O.C20H21N7.C11H9BrClN.C10H13N5O/c1-17(19-14-18-8-2-3-9-20(18)30-24(19)31-11-5-6-12-31)29-23-22-25(27-15-26-23)32(16-28-22)21-10-4-7-13-33-21;1-13(15-10-14-6-2-3-7-16(14)27-19(15)22)26-20-18-21(24-11-23-20)28(12-25-18)17-8-4-5-9-29-17;1-13(25-19-17-18(22-11-21-17)23-12-24-19)15-10-14-6-2-3-7-16(14)26-20(15)27-8-4-5-9-27;1-7(12)9-6-8-4-2-3-5-10(8)14-11(9)13;11-9-8-10(13-5-12-9)15(6-14-8)7-3-1-2-4-16-7/h2-3,8-9,14-17,21H,4-7,10-13H2,1H3,(H,26,27,29);2-3,6-7,10-13,17H,4-5,8-9H2,1H3,(H,23,24,26);2-3,6-7,10-13H,4-5,8-9H2,1H3,(H2,21,22,23,24,25);2-7H,1H3;5-7H,1-4H2,(H2,11,12,13). The van der Waals surface area contributed by atoms with E-state index >= 15 is 0 Å². The van der Waals surface area contributed by atoms with Crippen molar-refractivity contribution in [3.05, 3.63) is 205 Å². The molecule has 29 nitrogen and oxygen atoms in total. The number of nitrogen functional groups attached to an aromatic ring is 1. The van der Waals surface area contributed by atoms with Gasteiger partial charge in [-0.2, -0.15) is 0 Å². The Morgan fingerprint density at radius 1 is 0.412 bits per heavy atom. The first-order valence-corrected chi connectivity index (χ1v) is 42.6. The van der Waals surface area contributed by atoms with E-state index in [1.54, 1.807) is 31.6 Å². The van der Waals surface area contributed by atoms with Crippen LogP contribution < -0.4 is 31.5 Å². The molecule has 5 aliphatic rings. The Bertz CT molecular complexity index is 6200. The van der Waals surface area contributed by atoms with Crippen molar-refractivity contribution in [2.75, 3.05) is 77.5 Å². The van der Waals surface area contributed by atoms with Crippen LogP contribution in [0.2, 0.25) is 10.3 Å². The average molecular weight is 1700 g/mol. The fourth-order valence-electron chi connectivity index (χ4n) is 16.0. The third-order valence-corrected chi connectivity index (χ3v) is 23.4. The summed E-state index contributed by atoms with van der Waals surface area (Å²) in [6, 6.07) is 41.1. The van der Waals surface area contributed by atoms with Crippen LogP contribution in [-0.4, -0.2) is 144 Å². The number of aromatic amines is 1. The lowest BCUT2D eigenvalue weighted by atomic mass is 10.1. The van der Waals surface area contributed by atoms with Gasteiger partial charge in [0.05, 0.1) is 65.5 Å². The number of anilines is 6. The Hall–Kier alpha value is -11.5. The zero-order valence-electron chi connectivity index (χ0n) is 66.7. The van der Waals surface area contributed by atoms with Crippen molar-refractivity contribution >= 4 is 162 Å². The molecule has 6 N–H and O–H groups in total. The largest absolute Gasteiger partial charge is 0.382 e. The highest BCUT2D eigenvalue weighted by Crippen LogP contribution is 2.39. The van der Waals surface area contributed by atoms with Gasteiger partial charge in [0.15, 0.2) is 56.9 Å². The van der Waals surface area contributed by atoms with Crippen molar-refractivity contribution in [3.63, 3.8) is 0 Å². The molecule has 7 unspecified atom stereocenters. The van der Waals surface area contributed by atoms with Gasteiger partial charge in [-0.25, -0.2) is 79.7 Å². The molecule has 5 saturated heterocycles. The number of benzene rings is 4. The summed E-state index contributed by atoms with van der Waals surface area (Å²) in [5.74, 6) is 4.72. The summed E-state index contributed by atoms with van der Waals surface area (Å²) in [7, 11) is 0. The number of rotatable bonds is 15. The van der Waals surface area contributed by atoms with Crippen molar-refractivity contribution in [2.45, 2.75) is 153 Å². The molecule has 17 heterocycles. The van der Waals surface area contributed by atoms with E-state index in [0.717, 1.165) is 209 Å². The van der Waals surface area contributed by atoms with Gasteiger partial charge in [0.25, 0.3) is 0 Å². The van der Waals surface area contributed by atoms with Gasteiger partial charge >= 0.3 is 0 Å². The van der Waals surface area contributed by atoms with Crippen molar-refractivity contribution < 1.29 is 14.2 Å². The highest BCUT2D eigenvalue weighted by atomic mass is 79.9.